The highest BCUT2D eigenvalue weighted by atomic mass is 32.2. The number of aryl methyl sites for hydroxylation is 1. The Morgan fingerprint density at radius 3 is 2.86 bits per heavy atom. The molecule has 0 aliphatic rings. The summed E-state index contributed by atoms with van der Waals surface area (Å²) in [7, 11) is 1.66. The molecule has 0 aliphatic carbocycles. The molecule has 4 rings (SSSR count). The fourth-order valence-electron chi connectivity index (χ4n) is 2.73. The van der Waals surface area contributed by atoms with Crippen LogP contribution in [0.2, 0.25) is 0 Å². The van der Waals surface area contributed by atoms with Crippen molar-refractivity contribution in [3.8, 4) is 0 Å². The number of anilines is 1. The number of fused-ring (bicyclic) bond motifs is 1. The van der Waals surface area contributed by atoms with Gasteiger partial charge in [0, 0.05) is 52.9 Å². The summed E-state index contributed by atoms with van der Waals surface area (Å²) in [5.41, 5.74) is 0.550. The van der Waals surface area contributed by atoms with Crippen LogP contribution >= 0.6 is 11.8 Å². The van der Waals surface area contributed by atoms with Crippen molar-refractivity contribution in [1.29, 1.82) is 0 Å². The van der Waals surface area contributed by atoms with E-state index in [2.05, 4.69) is 25.8 Å². The summed E-state index contributed by atoms with van der Waals surface area (Å²) in [6.07, 6.45) is 3.33. The van der Waals surface area contributed by atoms with Gasteiger partial charge in [-0.3, -0.25) is 19.9 Å². The first-order chi connectivity index (χ1) is 14.0. The van der Waals surface area contributed by atoms with E-state index in [1.54, 1.807) is 37.6 Å². The van der Waals surface area contributed by atoms with Crippen LogP contribution in [0, 0.1) is 10.1 Å². The molecule has 2 aromatic carbocycles. The highest BCUT2D eigenvalue weighted by molar-refractivity contribution is 7.99. The Hall–Kier alpha value is -3.86. The molecule has 0 saturated heterocycles. The number of hydrogen-bond acceptors (Lipinski definition) is 8. The number of nitro groups is 1. The first kappa shape index (κ1) is 18.5. The molecule has 0 fully saturated rings. The Bertz CT molecular complexity index is 1240. The number of hydrogen-bond donors (Lipinski definition) is 1. The van der Waals surface area contributed by atoms with E-state index in [9.17, 15) is 14.9 Å². The van der Waals surface area contributed by atoms with E-state index in [-0.39, 0.29) is 11.3 Å². The second kappa shape index (κ2) is 7.64. The minimum Gasteiger partial charge on any atom is -0.321 e. The van der Waals surface area contributed by atoms with E-state index < -0.39 is 10.8 Å². The molecular weight excluding hydrogens is 394 g/mol. The zero-order chi connectivity index (χ0) is 20.4. The number of nitrogens with zero attached hydrogens (tertiary/aromatic N) is 6. The van der Waals surface area contributed by atoms with Gasteiger partial charge in [0.05, 0.1) is 10.5 Å². The van der Waals surface area contributed by atoms with Crippen LogP contribution < -0.4 is 5.32 Å². The van der Waals surface area contributed by atoms with Crippen LogP contribution in [0.5, 0.6) is 0 Å². The quantitative estimate of drug-likeness (QED) is 0.395. The van der Waals surface area contributed by atoms with E-state index >= 15 is 0 Å². The van der Waals surface area contributed by atoms with Crippen LogP contribution in [0.3, 0.4) is 0 Å². The zero-order valence-corrected chi connectivity index (χ0v) is 15.8. The molecule has 11 heteroatoms. The number of rotatable bonds is 5. The molecule has 29 heavy (non-hydrogen) atoms. The Balaban J connectivity index is 1.73. The van der Waals surface area contributed by atoms with Crippen molar-refractivity contribution >= 4 is 39.8 Å². The lowest BCUT2D eigenvalue weighted by Crippen LogP contribution is -2.14. The topological polar surface area (TPSA) is 129 Å². The molecule has 1 amide bonds. The predicted molar refractivity (Wildman–Crippen MR) is 106 cm³/mol. The number of carbonyl (C=O) groups excluding carboxylic acids is 1. The van der Waals surface area contributed by atoms with Crippen LogP contribution in [0.1, 0.15) is 10.4 Å². The molecule has 0 aliphatic heterocycles. The van der Waals surface area contributed by atoms with Gasteiger partial charge in [-0.05, 0) is 40.4 Å². The molecule has 144 valence electrons. The van der Waals surface area contributed by atoms with Gasteiger partial charge < -0.3 is 5.32 Å². The van der Waals surface area contributed by atoms with Crippen molar-refractivity contribution in [3.63, 3.8) is 0 Å². The largest absolute Gasteiger partial charge is 0.321 e. The van der Waals surface area contributed by atoms with Crippen LogP contribution in [0.4, 0.5) is 11.4 Å². The van der Waals surface area contributed by atoms with E-state index in [0.29, 0.717) is 15.7 Å². The number of nitrogens with one attached hydrogen (secondary N) is 1. The normalized spacial score (nSPS) is 10.8. The van der Waals surface area contributed by atoms with Gasteiger partial charge in [-0.2, -0.15) is 0 Å². The highest BCUT2D eigenvalue weighted by Gasteiger charge is 2.20. The molecule has 0 saturated carbocycles. The van der Waals surface area contributed by atoms with Gasteiger partial charge in [0.1, 0.15) is 0 Å². The predicted octanol–water partition coefficient (Wildman–Crippen LogP) is 3.07. The number of benzene rings is 2. The van der Waals surface area contributed by atoms with E-state index in [0.717, 1.165) is 22.5 Å². The molecule has 0 unspecified atom stereocenters. The van der Waals surface area contributed by atoms with E-state index in [4.69, 9.17) is 0 Å². The summed E-state index contributed by atoms with van der Waals surface area (Å²) in [4.78, 5) is 28.3. The minimum atomic E-state index is -0.543. The van der Waals surface area contributed by atoms with Gasteiger partial charge >= 0.3 is 0 Å². The van der Waals surface area contributed by atoms with Crippen LogP contribution in [-0.2, 0) is 7.05 Å². The third-order valence-corrected chi connectivity index (χ3v) is 5.23. The van der Waals surface area contributed by atoms with E-state index in [1.165, 1.54) is 22.9 Å². The van der Waals surface area contributed by atoms with Crippen molar-refractivity contribution in [2.45, 2.75) is 10.1 Å². The van der Waals surface area contributed by atoms with Gasteiger partial charge in [-0.15, -0.1) is 5.10 Å². The molecule has 2 aromatic heterocycles. The van der Waals surface area contributed by atoms with Crippen LogP contribution in [-0.4, -0.2) is 36.0 Å². The average Bonchev–Trinajstić information content (AvgIpc) is 3.13. The Labute approximate surface area is 168 Å². The van der Waals surface area contributed by atoms with Crippen molar-refractivity contribution in [2.24, 2.45) is 7.05 Å². The maximum absolute atomic E-state index is 13.0. The second-order valence-corrected chi connectivity index (χ2v) is 6.99. The number of pyridine rings is 1. The van der Waals surface area contributed by atoms with Crippen LogP contribution in [0.25, 0.3) is 10.8 Å². The second-order valence-electron chi connectivity index (χ2n) is 5.98. The van der Waals surface area contributed by atoms with Gasteiger partial charge in [0.15, 0.2) is 0 Å². The summed E-state index contributed by atoms with van der Waals surface area (Å²) in [6, 6.07) is 11.3. The lowest BCUT2D eigenvalue weighted by molar-refractivity contribution is -0.384. The monoisotopic (exact) mass is 407 g/mol. The molecular formula is C18H13N7O3S. The molecule has 2 heterocycles. The zero-order valence-electron chi connectivity index (χ0n) is 15.0. The van der Waals surface area contributed by atoms with E-state index in [1.807, 2.05) is 6.07 Å². The average molecular weight is 407 g/mol. The molecule has 0 bridgehead atoms. The third kappa shape index (κ3) is 3.75. The van der Waals surface area contributed by atoms with Gasteiger partial charge in [-0.25, -0.2) is 4.68 Å². The first-order valence-corrected chi connectivity index (χ1v) is 9.17. The number of tetrazole rings is 1. The molecule has 0 radical (unpaired) electrons. The van der Waals surface area contributed by atoms with Crippen molar-refractivity contribution in [2.75, 3.05) is 5.32 Å². The number of non-ortho nitro benzene ring substituents is 1. The maximum Gasteiger partial charge on any atom is 0.270 e. The number of amides is 1. The first-order valence-electron chi connectivity index (χ1n) is 8.35. The molecule has 0 spiro atoms. The maximum atomic E-state index is 13.0. The Morgan fingerprint density at radius 2 is 2.10 bits per heavy atom. The standard InChI is InChI=1S/C18H13N7O3S/c1-24-18(21-22-23-24)29-16-6-5-12(25(27)28)9-14(16)17(26)20-15-4-2-3-11-10-19-8-7-13(11)15/h2-10H,1H3,(H,20,26). The number of aromatic nitrogens is 5. The molecule has 4 aromatic rings. The lowest BCUT2D eigenvalue weighted by Gasteiger charge is -2.11. The van der Waals surface area contributed by atoms with Crippen molar-refractivity contribution in [1.82, 2.24) is 25.2 Å². The SMILES string of the molecule is Cn1nnnc1Sc1ccc([N+](=O)[O-])cc1C(=O)Nc1cccc2cnccc12. The Morgan fingerprint density at radius 1 is 1.24 bits per heavy atom. The fraction of sp³-hybridized carbons (Fsp3) is 0.0556. The summed E-state index contributed by atoms with van der Waals surface area (Å²) < 4.78 is 1.45. The van der Waals surface area contributed by atoms with Crippen molar-refractivity contribution in [3.05, 3.63) is 70.5 Å². The van der Waals surface area contributed by atoms with Crippen molar-refractivity contribution < 1.29 is 9.72 Å². The molecule has 0 atom stereocenters. The fourth-order valence-corrected chi connectivity index (χ4v) is 3.57. The summed E-state index contributed by atoms with van der Waals surface area (Å²) in [6.45, 7) is 0. The molecule has 10 nitrogen and oxygen atoms in total. The third-order valence-electron chi connectivity index (χ3n) is 4.13. The summed E-state index contributed by atoms with van der Waals surface area (Å²) >= 11 is 1.14. The minimum absolute atomic E-state index is 0.151. The van der Waals surface area contributed by atoms with Gasteiger partial charge in [0.2, 0.25) is 5.16 Å². The summed E-state index contributed by atoms with van der Waals surface area (Å²) in [5.74, 6) is -0.476. The van der Waals surface area contributed by atoms with Gasteiger partial charge in [0.25, 0.3) is 11.6 Å². The van der Waals surface area contributed by atoms with Gasteiger partial charge in [-0.1, -0.05) is 12.1 Å². The lowest BCUT2D eigenvalue weighted by atomic mass is 10.1. The number of carbonyl (C=O) groups is 1. The van der Waals surface area contributed by atoms with Crippen LogP contribution in [0.15, 0.2) is 64.9 Å². The summed E-state index contributed by atoms with van der Waals surface area (Å²) in [5, 5.41) is 27.4. The Kier molecular flexibility index (Phi) is 4.87. The molecule has 1 N–H and O–H groups in total. The number of nitro benzene ring substituents is 1. The smallest absolute Gasteiger partial charge is 0.270 e. The highest BCUT2D eigenvalue weighted by Crippen LogP contribution is 2.32.